The molecule has 2 saturated heterocycles. The van der Waals surface area contributed by atoms with Crippen molar-refractivity contribution in [2.24, 2.45) is 0 Å². The van der Waals surface area contributed by atoms with Crippen LogP contribution < -0.4 is 11.0 Å². The van der Waals surface area contributed by atoms with Crippen molar-refractivity contribution in [2.75, 3.05) is 13.2 Å². The van der Waals surface area contributed by atoms with Gasteiger partial charge in [-0.15, -0.1) is 0 Å². The number of hydrazine groups is 2. The highest BCUT2D eigenvalue weighted by atomic mass is 19.1. The number of carbonyl (C=O) groups is 1. The van der Waals surface area contributed by atoms with Crippen molar-refractivity contribution in [1.82, 2.24) is 20.9 Å². The molecule has 10 heteroatoms. The van der Waals surface area contributed by atoms with Crippen molar-refractivity contribution in [3.63, 3.8) is 0 Å². The maximum absolute atomic E-state index is 14.3. The highest BCUT2D eigenvalue weighted by Gasteiger charge is 2.51. The van der Waals surface area contributed by atoms with Crippen molar-refractivity contribution in [3.8, 4) is 0 Å². The van der Waals surface area contributed by atoms with Gasteiger partial charge in [-0.2, -0.15) is 5.53 Å². The number of aliphatic hydroxyl groups excluding tert-OH is 3. The standard InChI is InChI=1S/C32H33FN4O5/c33-23-13-6-12-22(16-23)26-18-37(35-34-26)28-29(39)27(19-38)42-32(30(28)40)36(17-20-8-2-1-3-9-20)31(41)25-15-7-11-21-10-4-5-14-24(21)25/h1-16,26-30,32,34-35,38-40H,17-19H2/t26?,27-,28+,29+,30-,32-/m1/s1. The summed E-state index contributed by atoms with van der Waals surface area (Å²) in [5, 5.41) is 36.5. The average molecular weight is 573 g/mol. The zero-order valence-corrected chi connectivity index (χ0v) is 22.8. The van der Waals surface area contributed by atoms with Crippen LogP contribution in [-0.4, -0.2) is 74.9 Å². The predicted molar refractivity (Wildman–Crippen MR) is 154 cm³/mol. The van der Waals surface area contributed by atoms with E-state index in [4.69, 9.17) is 4.74 Å². The summed E-state index contributed by atoms with van der Waals surface area (Å²) in [7, 11) is 0. The molecule has 42 heavy (non-hydrogen) atoms. The van der Waals surface area contributed by atoms with Crippen molar-refractivity contribution >= 4 is 16.7 Å². The molecular weight excluding hydrogens is 539 g/mol. The van der Waals surface area contributed by atoms with Gasteiger partial charge in [0.05, 0.1) is 18.7 Å². The van der Waals surface area contributed by atoms with E-state index < -0.39 is 37.2 Å². The van der Waals surface area contributed by atoms with Crippen molar-refractivity contribution in [3.05, 3.63) is 120 Å². The normalized spacial score (nSPS) is 26.4. The Labute approximate surface area is 242 Å². The third-order valence-corrected chi connectivity index (χ3v) is 8.02. The van der Waals surface area contributed by atoms with E-state index in [0.717, 1.165) is 16.3 Å². The summed E-state index contributed by atoms with van der Waals surface area (Å²) < 4.78 is 20.0. The molecule has 0 bridgehead atoms. The van der Waals surface area contributed by atoms with E-state index in [1.54, 1.807) is 23.2 Å². The van der Waals surface area contributed by atoms with E-state index in [1.807, 2.05) is 66.7 Å². The van der Waals surface area contributed by atoms with Gasteiger partial charge in [-0.25, -0.2) is 14.8 Å². The number of aliphatic hydroxyl groups is 3. The lowest BCUT2D eigenvalue weighted by Crippen LogP contribution is -2.69. The summed E-state index contributed by atoms with van der Waals surface area (Å²) in [6.07, 6.45) is -4.98. The quantitative estimate of drug-likeness (QED) is 0.229. The fourth-order valence-corrected chi connectivity index (χ4v) is 5.89. The summed E-state index contributed by atoms with van der Waals surface area (Å²) >= 11 is 0. The Morgan fingerprint density at radius 2 is 1.69 bits per heavy atom. The average Bonchev–Trinajstić information content (AvgIpc) is 3.50. The van der Waals surface area contributed by atoms with Crippen LogP contribution in [-0.2, 0) is 11.3 Å². The molecule has 6 atom stereocenters. The van der Waals surface area contributed by atoms with E-state index >= 15 is 0 Å². The summed E-state index contributed by atoms with van der Waals surface area (Å²) in [6.45, 7) is -0.149. The first kappa shape index (κ1) is 28.4. The number of carbonyl (C=O) groups excluding carboxylic acids is 1. The van der Waals surface area contributed by atoms with Gasteiger partial charge in [0.15, 0.2) is 6.23 Å². The number of amides is 1. The van der Waals surface area contributed by atoms with Crippen LogP contribution in [0.3, 0.4) is 0 Å². The Bertz CT molecular complexity index is 1540. The van der Waals surface area contributed by atoms with E-state index in [0.29, 0.717) is 11.1 Å². The van der Waals surface area contributed by atoms with E-state index in [-0.39, 0.29) is 30.9 Å². The Morgan fingerprint density at radius 3 is 2.48 bits per heavy atom. The monoisotopic (exact) mass is 572 g/mol. The number of halogens is 1. The zero-order valence-electron chi connectivity index (χ0n) is 22.8. The van der Waals surface area contributed by atoms with E-state index in [1.165, 1.54) is 17.0 Å². The fourth-order valence-electron chi connectivity index (χ4n) is 5.89. The number of ether oxygens (including phenoxy) is 1. The van der Waals surface area contributed by atoms with Crippen molar-refractivity contribution in [2.45, 2.75) is 43.2 Å². The first-order valence-corrected chi connectivity index (χ1v) is 13.9. The van der Waals surface area contributed by atoms with Crippen LogP contribution >= 0.6 is 0 Å². The molecule has 218 valence electrons. The highest BCUT2D eigenvalue weighted by molar-refractivity contribution is 6.07. The minimum absolute atomic E-state index is 0.114. The number of hydrogen-bond donors (Lipinski definition) is 5. The molecule has 0 saturated carbocycles. The number of nitrogens with zero attached hydrogens (tertiary/aromatic N) is 2. The number of benzene rings is 4. The van der Waals surface area contributed by atoms with Gasteiger partial charge in [-0.1, -0.05) is 78.9 Å². The van der Waals surface area contributed by atoms with Gasteiger partial charge in [0.2, 0.25) is 0 Å². The third-order valence-electron chi connectivity index (χ3n) is 8.02. The van der Waals surface area contributed by atoms with Crippen molar-refractivity contribution in [1.29, 1.82) is 0 Å². The minimum atomic E-state index is -1.38. The smallest absolute Gasteiger partial charge is 0.256 e. The Morgan fingerprint density at radius 1 is 0.952 bits per heavy atom. The van der Waals surface area contributed by atoms with Crippen LogP contribution in [0.2, 0.25) is 0 Å². The molecule has 5 N–H and O–H groups in total. The molecule has 2 heterocycles. The lowest BCUT2D eigenvalue weighted by Gasteiger charge is -2.48. The second-order valence-electron chi connectivity index (χ2n) is 10.7. The molecule has 0 spiro atoms. The Balaban J connectivity index is 1.35. The number of rotatable bonds is 7. The number of hydrogen-bond acceptors (Lipinski definition) is 8. The topological polar surface area (TPSA) is 118 Å². The van der Waals surface area contributed by atoms with Gasteiger partial charge < -0.3 is 25.0 Å². The van der Waals surface area contributed by atoms with Gasteiger partial charge in [-0.05, 0) is 40.1 Å². The largest absolute Gasteiger partial charge is 0.394 e. The molecule has 4 aromatic carbocycles. The second kappa shape index (κ2) is 12.2. The molecule has 2 aliphatic rings. The lowest BCUT2D eigenvalue weighted by molar-refractivity contribution is -0.249. The second-order valence-corrected chi connectivity index (χ2v) is 10.7. The maximum Gasteiger partial charge on any atom is 0.256 e. The van der Waals surface area contributed by atoms with Crippen LogP contribution in [0, 0.1) is 5.82 Å². The van der Waals surface area contributed by atoms with Crippen LogP contribution in [0.4, 0.5) is 4.39 Å². The summed E-state index contributed by atoms with van der Waals surface area (Å²) in [5.41, 5.74) is 8.02. The summed E-state index contributed by atoms with van der Waals surface area (Å²) in [4.78, 5) is 15.8. The van der Waals surface area contributed by atoms with Gasteiger partial charge in [0.1, 0.15) is 24.1 Å². The summed E-state index contributed by atoms with van der Waals surface area (Å²) in [5.74, 6) is -0.737. The summed E-state index contributed by atoms with van der Waals surface area (Å²) in [6, 6.07) is 27.3. The van der Waals surface area contributed by atoms with Crippen LogP contribution in [0.5, 0.6) is 0 Å². The Hall–Kier alpha value is -3.74. The molecule has 0 radical (unpaired) electrons. The molecule has 2 aliphatic heterocycles. The number of nitrogens with one attached hydrogen (secondary N) is 2. The van der Waals surface area contributed by atoms with E-state index in [2.05, 4.69) is 11.0 Å². The molecule has 9 nitrogen and oxygen atoms in total. The molecule has 4 aromatic rings. The van der Waals surface area contributed by atoms with Crippen molar-refractivity contribution < 1.29 is 29.2 Å². The molecule has 2 fully saturated rings. The predicted octanol–water partition coefficient (Wildman–Crippen LogP) is 2.49. The van der Waals surface area contributed by atoms with Crippen LogP contribution in [0.1, 0.15) is 27.5 Å². The van der Waals surface area contributed by atoms with Crippen LogP contribution in [0.25, 0.3) is 10.8 Å². The zero-order chi connectivity index (χ0) is 29.2. The minimum Gasteiger partial charge on any atom is -0.394 e. The molecule has 0 aliphatic carbocycles. The third kappa shape index (κ3) is 5.53. The first-order valence-electron chi connectivity index (χ1n) is 13.9. The highest BCUT2D eigenvalue weighted by Crippen LogP contribution is 2.32. The van der Waals surface area contributed by atoms with Crippen LogP contribution in [0.15, 0.2) is 97.1 Å². The molecule has 0 aromatic heterocycles. The number of fused-ring (bicyclic) bond motifs is 1. The maximum atomic E-state index is 14.3. The van der Waals surface area contributed by atoms with Gasteiger partial charge in [0, 0.05) is 18.7 Å². The fraction of sp³-hybridized carbons (Fsp3) is 0.281. The molecule has 1 unspecified atom stereocenters. The van der Waals surface area contributed by atoms with E-state index in [9.17, 15) is 24.5 Å². The molecular formula is C32H33FN4O5. The molecule has 1 amide bonds. The van der Waals surface area contributed by atoms with Gasteiger partial charge in [-0.3, -0.25) is 4.79 Å². The molecule has 6 rings (SSSR count). The lowest BCUT2D eigenvalue weighted by atomic mass is 9.93. The first-order chi connectivity index (χ1) is 20.4. The Kier molecular flexibility index (Phi) is 8.27. The SMILES string of the molecule is O=C(c1cccc2ccccc12)N(Cc1ccccc1)[C@@H]1O[C@H](CO)[C@H](O)[C@H](N2CC(c3cccc(F)c3)NN2)[C@H]1O. The van der Waals surface area contributed by atoms with Gasteiger partial charge in [0.25, 0.3) is 5.91 Å². The van der Waals surface area contributed by atoms with Gasteiger partial charge >= 0.3 is 0 Å².